The lowest BCUT2D eigenvalue weighted by molar-refractivity contribution is 0.616. The molecular formula is C10H16N4O. The number of aryl methyl sites for hydroxylation is 1. The summed E-state index contributed by atoms with van der Waals surface area (Å²) in [5, 5.41) is 3.24. The molecule has 1 atom stereocenters. The molecule has 0 aliphatic carbocycles. The number of hydrogen-bond donors (Lipinski definition) is 2. The van der Waals surface area contributed by atoms with Gasteiger partial charge in [-0.3, -0.25) is 4.79 Å². The van der Waals surface area contributed by atoms with Gasteiger partial charge in [-0.1, -0.05) is 0 Å². The number of nitrogens with one attached hydrogen (secondary N) is 2. The maximum Gasteiger partial charge on any atom is 0.252 e. The highest BCUT2D eigenvalue weighted by atomic mass is 16.1. The van der Waals surface area contributed by atoms with Gasteiger partial charge in [0.05, 0.1) is 0 Å². The largest absolute Gasteiger partial charge is 0.355 e. The van der Waals surface area contributed by atoms with E-state index in [0.29, 0.717) is 11.9 Å². The highest BCUT2D eigenvalue weighted by molar-refractivity contribution is 5.39. The first-order valence-corrected chi connectivity index (χ1v) is 5.19. The number of rotatable bonds is 2. The fourth-order valence-corrected chi connectivity index (χ4v) is 1.93. The third kappa shape index (κ3) is 2.18. The number of H-pyrrole nitrogens is 1. The Labute approximate surface area is 88.5 Å². The zero-order chi connectivity index (χ0) is 10.8. The van der Waals surface area contributed by atoms with Crippen molar-refractivity contribution in [3.8, 4) is 0 Å². The van der Waals surface area contributed by atoms with Crippen LogP contribution in [0.4, 0.5) is 5.82 Å². The zero-order valence-electron chi connectivity index (χ0n) is 9.08. The van der Waals surface area contributed by atoms with Crippen molar-refractivity contribution in [2.24, 2.45) is 0 Å². The third-order valence-electron chi connectivity index (χ3n) is 2.77. The van der Waals surface area contributed by atoms with Gasteiger partial charge < -0.3 is 15.2 Å². The second-order valence-electron chi connectivity index (χ2n) is 3.91. The number of nitrogens with zero attached hydrogens (tertiary/aromatic N) is 2. The SMILES string of the molecule is CNC1CCN(c2cc(=O)[nH]c(C)n2)C1. The minimum absolute atomic E-state index is 0.0783. The van der Waals surface area contributed by atoms with Gasteiger partial charge >= 0.3 is 0 Å². The Balaban J connectivity index is 2.20. The van der Waals surface area contributed by atoms with E-state index in [-0.39, 0.29) is 5.56 Å². The molecule has 0 radical (unpaired) electrons. The summed E-state index contributed by atoms with van der Waals surface area (Å²) in [6.45, 7) is 3.68. The fourth-order valence-electron chi connectivity index (χ4n) is 1.93. The van der Waals surface area contributed by atoms with E-state index in [0.717, 1.165) is 25.3 Å². The maximum atomic E-state index is 11.3. The zero-order valence-corrected chi connectivity index (χ0v) is 9.08. The Kier molecular flexibility index (Phi) is 2.73. The van der Waals surface area contributed by atoms with Gasteiger partial charge in [-0.05, 0) is 20.4 Å². The van der Waals surface area contributed by atoms with Crippen molar-refractivity contribution >= 4 is 5.82 Å². The smallest absolute Gasteiger partial charge is 0.252 e. The Bertz CT molecular complexity index is 401. The number of hydrogen-bond acceptors (Lipinski definition) is 4. The number of aromatic nitrogens is 2. The Hall–Kier alpha value is -1.36. The molecule has 1 saturated heterocycles. The molecule has 1 aliphatic heterocycles. The summed E-state index contributed by atoms with van der Waals surface area (Å²) in [5.41, 5.74) is -0.0783. The van der Waals surface area contributed by atoms with E-state index in [2.05, 4.69) is 20.2 Å². The number of anilines is 1. The van der Waals surface area contributed by atoms with Gasteiger partial charge in [-0.25, -0.2) is 4.98 Å². The van der Waals surface area contributed by atoms with Gasteiger partial charge in [-0.2, -0.15) is 0 Å². The Morgan fingerprint density at radius 1 is 1.67 bits per heavy atom. The summed E-state index contributed by atoms with van der Waals surface area (Å²) >= 11 is 0. The molecule has 0 bridgehead atoms. The van der Waals surface area contributed by atoms with E-state index in [1.165, 1.54) is 0 Å². The van der Waals surface area contributed by atoms with E-state index in [1.54, 1.807) is 13.0 Å². The van der Waals surface area contributed by atoms with Gasteiger partial charge in [-0.15, -0.1) is 0 Å². The van der Waals surface area contributed by atoms with Crippen LogP contribution in [0, 0.1) is 6.92 Å². The van der Waals surface area contributed by atoms with Gasteiger partial charge in [0, 0.05) is 25.2 Å². The Morgan fingerprint density at radius 2 is 2.47 bits per heavy atom. The van der Waals surface area contributed by atoms with E-state index < -0.39 is 0 Å². The summed E-state index contributed by atoms with van der Waals surface area (Å²) < 4.78 is 0. The number of aromatic amines is 1. The van der Waals surface area contributed by atoms with Gasteiger partial charge in [0.1, 0.15) is 11.6 Å². The van der Waals surface area contributed by atoms with Crippen LogP contribution in [0.5, 0.6) is 0 Å². The van der Waals surface area contributed by atoms with Crippen molar-refractivity contribution in [2.75, 3.05) is 25.0 Å². The van der Waals surface area contributed by atoms with Crippen LogP contribution in [0.2, 0.25) is 0 Å². The summed E-state index contributed by atoms with van der Waals surface area (Å²) in [5.74, 6) is 1.46. The topological polar surface area (TPSA) is 61.0 Å². The molecule has 5 heteroatoms. The van der Waals surface area contributed by atoms with E-state index in [1.807, 2.05) is 7.05 Å². The molecule has 2 N–H and O–H groups in total. The fraction of sp³-hybridized carbons (Fsp3) is 0.600. The first kappa shape index (κ1) is 10.2. The second-order valence-corrected chi connectivity index (χ2v) is 3.91. The first-order chi connectivity index (χ1) is 7.19. The molecule has 1 fully saturated rings. The third-order valence-corrected chi connectivity index (χ3v) is 2.77. The molecule has 0 amide bonds. The maximum absolute atomic E-state index is 11.3. The van der Waals surface area contributed by atoms with Crippen LogP contribution in [-0.2, 0) is 0 Å². The molecular weight excluding hydrogens is 192 g/mol. The molecule has 1 aromatic heterocycles. The molecule has 2 heterocycles. The van der Waals surface area contributed by atoms with Crippen LogP contribution in [0.25, 0.3) is 0 Å². The van der Waals surface area contributed by atoms with Crippen molar-refractivity contribution < 1.29 is 0 Å². The van der Waals surface area contributed by atoms with Crippen LogP contribution in [0.15, 0.2) is 10.9 Å². The van der Waals surface area contributed by atoms with Crippen molar-refractivity contribution in [1.82, 2.24) is 15.3 Å². The van der Waals surface area contributed by atoms with Crippen LogP contribution in [-0.4, -0.2) is 36.1 Å². The highest BCUT2D eigenvalue weighted by Gasteiger charge is 2.22. The molecule has 82 valence electrons. The Morgan fingerprint density at radius 3 is 3.07 bits per heavy atom. The quantitative estimate of drug-likeness (QED) is 0.711. The molecule has 0 aromatic carbocycles. The van der Waals surface area contributed by atoms with E-state index in [9.17, 15) is 4.79 Å². The van der Waals surface area contributed by atoms with Crippen molar-refractivity contribution in [2.45, 2.75) is 19.4 Å². The predicted octanol–water partition coefficient (Wildman–Crippen LogP) is -0.124. The molecule has 5 nitrogen and oxygen atoms in total. The normalized spacial score (nSPS) is 20.9. The molecule has 2 rings (SSSR count). The first-order valence-electron chi connectivity index (χ1n) is 5.19. The lowest BCUT2D eigenvalue weighted by atomic mass is 10.3. The van der Waals surface area contributed by atoms with E-state index >= 15 is 0 Å². The van der Waals surface area contributed by atoms with Crippen molar-refractivity contribution in [3.63, 3.8) is 0 Å². The average Bonchev–Trinajstić information content (AvgIpc) is 2.64. The standard InChI is InChI=1S/C10H16N4O/c1-7-12-9(5-10(15)13-7)14-4-3-8(6-14)11-2/h5,8,11H,3-4,6H2,1-2H3,(H,12,13,15). The molecule has 0 spiro atoms. The molecule has 15 heavy (non-hydrogen) atoms. The van der Waals surface area contributed by atoms with E-state index in [4.69, 9.17) is 0 Å². The van der Waals surface area contributed by atoms with Gasteiger partial charge in [0.15, 0.2) is 0 Å². The molecule has 0 saturated carbocycles. The van der Waals surface area contributed by atoms with Crippen LogP contribution >= 0.6 is 0 Å². The monoisotopic (exact) mass is 208 g/mol. The van der Waals surface area contributed by atoms with Crippen molar-refractivity contribution in [1.29, 1.82) is 0 Å². The molecule has 1 aromatic rings. The molecule has 1 aliphatic rings. The summed E-state index contributed by atoms with van der Waals surface area (Å²) in [7, 11) is 1.96. The minimum atomic E-state index is -0.0783. The van der Waals surface area contributed by atoms with Crippen LogP contribution in [0.3, 0.4) is 0 Å². The molecule has 1 unspecified atom stereocenters. The second kappa shape index (κ2) is 4.02. The van der Waals surface area contributed by atoms with Crippen LogP contribution < -0.4 is 15.8 Å². The summed E-state index contributed by atoms with van der Waals surface area (Å²) in [4.78, 5) is 20.4. The average molecular weight is 208 g/mol. The highest BCUT2D eigenvalue weighted by Crippen LogP contribution is 2.16. The number of likely N-dealkylation sites (N-methyl/N-ethyl adjacent to an activating group) is 1. The predicted molar refractivity (Wildman–Crippen MR) is 59.3 cm³/mol. The van der Waals surface area contributed by atoms with Gasteiger partial charge in [0.2, 0.25) is 0 Å². The van der Waals surface area contributed by atoms with Crippen LogP contribution in [0.1, 0.15) is 12.2 Å². The minimum Gasteiger partial charge on any atom is -0.355 e. The van der Waals surface area contributed by atoms with Gasteiger partial charge in [0.25, 0.3) is 5.56 Å². The lowest BCUT2D eigenvalue weighted by Crippen LogP contribution is -2.30. The van der Waals surface area contributed by atoms with Crippen molar-refractivity contribution in [3.05, 3.63) is 22.2 Å². The summed E-state index contributed by atoms with van der Waals surface area (Å²) in [6.07, 6.45) is 1.10. The summed E-state index contributed by atoms with van der Waals surface area (Å²) in [6, 6.07) is 2.07. The lowest BCUT2D eigenvalue weighted by Gasteiger charge is -2.17.